The third-order valence-corrected chi connectivity index (χ3v) is 9.21. The van der Waals surface area contributed by atoms with Crippen LogP contribution < -0.4 is 15.9 Å². The molecule has 0 aromatic heterocycles. The smallest absolute Gasteiger partial charge is 0.00155 e. The highest BCUT2D eigenvalue weighted by Crippen LogP contribution is 2.42. The van der Waals surface area contributed by atoms with Gasteiger partial charge in [0.25, 0.3) is 0 Å². The molecule has 6 rings (SSSR count). The lowest BCUT2D eigenvalue weighted by molar-refractivity contribution is 1.50. The zero-order valence-electron chi connectivity index (χ0n) is 20.1. The Kier molecular flexibility index (Phi) is 5.69. The first-order valence-electron chi connectivity index (χ1n) is 12.1. The summed E-state index contributed by atoms with van der Waals surface area (Å²) in [4.78, 5) is 0. The minimum Gasteiger partial charge on any atom is -0.0622 e. The molecule has 6 aromatic carbocycles. The van der Waals surface area contributed by atoms with Gasteiger partial charge in [0, 0.05) is 0 Å². The molecule has 0 unspecified atom stereocenters. The van der Waals surface area contributed by atoms with Gasteiger partial charge >= 0.3 is 0 Å². The van der Waals surface area contributed by atoms with Gasteiger partial charge in [-0.25, -0.2) is 0 Å². The van der Waals surface area contributed by atoms with Crippen LogP contribution in [0.2, 0.25) is 0 Å². The Morgan fingerprint density at radius 2 is 1.03 bits per heavy atom. The molecule has 0 aliphatic heterocycles. The van der Waals surface area contributed by atoms with E-state index in [1.807, 2.05) is 0 Å². The predicted molar refractivity (Wildman–Crippen MR) is 155 cm³/mol. The summed E-state index contributed by atoms with van der Waals surface area (Å²) in [7, 11) is -0.733. The van der Waals surface area contributed by atoms with Crippen LogP contribution in [0.4, 0.5) is 0 Å². The van der Waals surface area contributed by atoms with Gasteiger partial charge < -0.3 is 0 Å². The van der Waals surface area contributed by atoms with E-state index in [0.29, 0.717) is 0 Å². The molecule has 0 radical (unpaired) electrons. The maximum absolute atomic E-state index is 2.38. The summed E-state index contributed by atoms with van der Waals surface area (Å²) in [6, 6.07) is 47.2. The van der Waals surface area contributed by atoms with E-state index < -0.39 is 7.92 Å². The van der Waals surface area contributed by atoms with Crippen LogP contribution >= 0.6 is 7.92 Å². The largest absolute Gasteiger partial charge is 0.0622 e. The zero-order chi connectivity index (χ0) is 23.8. The fourth-order valence-corrected chi connectivity index (χ4v) is 7.59. The maximum Gasteiger partial charge on any atom is -0.00155 e. The Labute approximate surface area is 208 Å². The fourth-order valence-electron chi connectivity index (χ4n) is 5.11. The molecule has 0 atom stereocenters. The normalized spacial score (nSPS) is 11.4. The Hall–Kier alpha value is -3.73. The third-order valence-electron chi connectivity index (χ3n) is 6.73. The zero-order valence-corrected chi connectivity index (χ0v) is 21.0. The van der Waals surface area contributed by atoms with Gasteiger partial charge in [-0.3, -0.25) is 0 Å². The van der Waals surface area contributed by atoms with Gasteiger partial charge in [0.2, 0.25) is 0 Å². The summed E-state index contributed by atoms with van der Waals surface area (Å²) >= 11 is 0. The van der Waals surface area contributed by atoms with Crippen molar-refractivity contribution in [1.29, 1.82) is 0 Å². The molecule has 0 saturated heterocycles. The first-order chi connectivity index (χ1) is 17.2. The van der Waals surface area contributed by atoms with Gasteiger partial charge in [0.05, 0.1) is 0 Å². The van der Waals surface area contributed by atoms with Crippen LogP contribution in [0.3, 0.4) is 0 Å². The van der Waals surface area contributed by atoms with Crippen molar-refractivity contribution < 1.29 is 0 Å². The lowest BCUT2D eigenvalue weighted by Crippen LogP contribution is -2.22. The summed E-state index contributed by atoms with van der Waals surface area (Å²) in [6.45, 7) is 4.34. The van der Waals surface area contributed by atoms with Gasteiger partial charge in [0.1, 0.15) is 0 Å². The van der Waals surface area contributed by atoms with E-state index in [1.54, 1.807) is 0 Å². The monoisotopic (exact) mass is 466 g/mol. The summed E-state index contributed by atoms with van der Waals surface area (Å²) in [5.74, 6) is 0. The Morgan fingerprint density at radius 3 is 1.66 bits per heavy atom. The molecule has 0 saturated carbocycles. The Balaban J connectivity index is 1.73. The van der Waals surface area contributed by atoms with E-state index >= 15 is 0 Å². The molecule has 168 valence electrons. The second-order valence-corrected chi connectivity index (χ2v) is 11.4. The van der Waals surface area contributed by atoms with Crippen LogP contribution in [0, 0.1) is 13.8 Å². The highest BCUT2D eigenvalue weighted by molar-refractivity contribution is 7.80. The Bertz CT molecular complexity index is 1610. The first-order valence-corrected chi connectivity index (χ1v) is 13.5. The van der Waals surface area contributed by atoms with E-state index in [9.17, 15) is 0 Å². The molecule has 0 aliphatic rings. The van der Waals surface area contributed by atoms with E-state index in [1.165, 1.54) is 59.7 Å². The molecule has 0 fully saturated rings. The van der Waals surface area contributed by atoms with E-state index in [0.717, 1.165) is 0 Å². The van der Waals surface area contributed by atoms with Gasteiger partial charge in [-0.15, -0.1) is 0 Å². The average Bonchev–Trinajstić information content (AvgIpc) is 2.89. The van der Waals surface area contributed by atoms with Gasteiger partial charge in [-0.1, -0.05) is 139 Å². The van der Waals surface area contributed by atoms with E-state index in [2.05, 4.69) is 141 Å². The van der Waals surface area contributed by atoms with Crippen molar-refractivity contribution in [3.8, 4) is 11.1 Å². The van der Waals surface area contributed by atoms with Crippen LogP contribution in [0.1, 0.15) is 11.1 Å². The number of rotatable bonds is 4. The third kappa shape index (κ3) is 4.05. The molecule has 6 aromatic rings. The van der Waals surface area contributed by atoms with Crippen LogP contribution in [0.15, 0.2) is 127 Å². The molecule has 0 bridgehead atoms. The lowest BCUT2D eigenvalue weighted by Gasteiger charge is -2.24. The lowest BCUT2D eigenvalue weighted by atomic mass is 9.93. The van der Waals surface area contributed by atoms with Crippen molar-refractivity contribution in [3.05, 3.63) is 139 Å². The molecule has 35 heavy (non-hydrogen) atoms. The molecular weight excluding hydrogens is 439 g/mol. The predicted octanol–water partition coefficient (Wildman–Crippen LogP) is 8.04. The van der Waals surface area contributed by atoms with Crippen LogP contribution in [-0.2, 0) is 0 Å². The molecule has 0 heterocycles. The average molecular weight is 467 g/mol. The molecule has 0 aliphatic carbocycles. The number of aryl methyl sites for hydroxylation is 2. The maximum atomic E-state index is 2.38. The van der Waals surface area contributed by atoms with Crippen molar-refractivity contribution in [2.75, 3.05) is 0 Å². The highest BCUT2D eigenvalue weighted by Gasteiger charge is 2.22. The second-order valence-electron chi connectivity index (χ2n) is 9.22. The standard InChI is InChI=1S/C34H27P/c1-24-16-19-30-26(22-24)10-9-15-32(30)34-31-20-17-25(2)23-27(31)18-21-33(34)35(28-11-5-3-6-12-28)29-13-7-4-8-14-29/h3-23H,1-2H3. The summed E-state index contributed by atoms with van der Waals surface area (Å²) in [5.41, 5.74) is 5.25. The number of fused-ring (bicyclic) bond motifs is 2. The van der Waals surface area contributed by atoms with Crippen LogP contribution in [0.5, 0.6) is 0 Å². The molecule has 1 heteroatoms. The second kappa shape index (κ2) is 9.14. The molecule has 0 nitrogen and oxygen atoms in total. The summed E-state index contributed by atoms with van der Waals surface area (Å²) < 4.78 is 0. The molecule has 0 amide bonds. The minimum atomic E-state index is -0.733. The molecular formula is C34H27P. The van der Waals surface area contributed by atoms with Crippen molar-refractivity contribution >= 4 is 45.4 Å². The van der Waals surface area contributed by atoms with Crippen molar-refractivity contribution in [3.63, 3.8) is 0 Å². The van der Waals surface area contributed by atoms with Gasteiger partial charge in [-0.2, -0.15) is 0 Å². The van der Waals surface area contributed by atoms with E-state index in [-0.39, 0.29) is 0 Å². The van der Waals surface area contributed by atoms with Gasteiger partial charge in [0.15, 0.2) is 0 Å². The van der Waals surface area contributed by atoms with Crippen LogP contribution in [0.25, 0.3) is 32.7 Å². The van der Waals surface area contributed by atoms with Crippen molar-refractivity contribution in [2.45, 2.75) is 13.8 Å². The number of hydrogen-bond donors (Lipinski definition) is 0. The minimum absolute atomic E-state index is 0.733. The molecule has 0 spiro atoms. The van der Waals surface area contributed by atoms with Crippen LogP contribution in [-0.4, -0.2) is 0 Å². The summed E-state index contributed by atoms with van der Waals surface area (Å²) in [6.07, 6.45) is 0. The number of benzene rings is 6. The Morgan fingerprint density at radius 1 is 0.457 bits per heavy atom. The SMILES string of the molecule is Cc1ccc2c(-c3c(P(c4ccccc4)c4ccccc4)ccc4cc(C)ccc34)cccc2c1. The topological polar surface area (TPSA) is 0 Å². The highest BCUT2D eigenvalue weighted by atomic mass is 31.1. The molecule has 0 N–H and O–H groups in total. The van der Waals surface area contributed by atoms with Crippen molar-refractivity contribution in [2.24, 2.45) is 0 Å². The first kappa shape index (κ1) is 21.8. The van der Waals surface area contributed by atoms with Crippen molar-refractivity contribution in [1.82, 2.24) is 0 Å². The summed E-state index contributed by atoms with van der Waals surface area (Å²) in [5, 5.41) is 9.37. The fraction of sp³-hybridized carbons (Fsp3) is 0.0588. The quantitative estimate of drug-likeness (QED) is 0.231. The number of hydrogen-bond acceptors (Lipinski definition) is 0. The van der Waals surface area contributed by atoms with Gasteiger partial charge in [-0.05, 0) is 70.4 Å². The van der Waals surface area contributed by atoms with E-state index in [4.69, 9.17) is 0 Å².